The topological polar surface area (TPSA) is 81.0 Å². The molecular formula is C23H26IN6O2S+. The fraction of sp³-hybridized carbons (Fsp3) is 0.435. The van der Waals surface area contributed by atoms with E-state index >= 15 is 0 Å². The number of alkyl halides is 1. The summed E-state index contributed by atoms with van der Waals surface area (Å²) in [6.45, 7) is 5.96. The second kappa shape index (κ2) is 9.49. The van der Waals surface area contributed by atoms with Crippen LogP contribution < -0.4 is 14.2 Å². The van der Waals surface area contributed by atoms with Gasteiger partial charge in [0.1, 0.15) is 23.5 Å². The SMILES string of the molecule is CC(I)c1noc(N2CCC([C@@H](C)Oc3nc4ccc(-c5cc[n+](C)cc5)nc4s3)CC2)n1. The van der Waals surface area contributed by atoms with Gasteiger partial charge in [0.05, 0.1) is 9.62 Å². The molecule has 1 aliphatic rings. The van der Waals surface area contributed by atoms with Gasteiger partial charge < -0.3 is 14.2 Å². The van der Waals surface area contributed by atoms with Crippen LogP contribution in [0.4, 0.5) is 6.01 Å². The van der Waals surface area contributed by atoms with Crippen molar-refractivity contribution in [2.45, 2.75) is 36.7 Å². The summed E-state index contributed by atoms with van der Waals surface area (Å²) in [6.07, 6.45) is 6.15. The minimum Gasteiger partial charge on any atom is -0.467 e. The van der Waals surface area contributed by atoms with Crippen LogP contribution in [0, 0.1) is 5.92 Å². The molecule has 5 heterocycles. The van der Waals surface area contributed by atoms with Crippen molar-refractivity contribution < 1.29 is 13.8 Å². The standard InChI is InChI=1S/C23H26IN6O2S/c1-14(24)20-27-22(32-28-20)30-12-8-16(9-13-30)15(2)31-23-26-19-5-4-18(25-21(19)33-23)17-6-10-29(3)11-7-17/h4-7,10-11,14-16H,8-9,12-13H2,1-3H3/q+1/t14?,15-/m1/s1. The van der Waals surface area contributed by atoms with Gasteiger partial charge >= 0.3 is 6.01 Å². The van der Waals surface area contributed by atoms with Gasteiger partial charge in [-0.05, 0) is 44.7 Å². The van der Waals surface area contributed by atoms with Crippen molar-refractivity contribution in [3.05, 3.63) is 42.5 Å². The number of fused-ring (bicyclic) bond motifs is 1. The van der Waals surface area contributed by atoms with Gasteiger partial charge in [-0.25, -0.2) is 14.5 Å². The second-order valence-electron chi connectivity index (χ2n) is 8.45. The number of nitrogens with zero attached hydrogens (tertiary/aromatic N) is 6. The molecule has 0 aliphatic carbocycles. The van der Waals surface area contributed by atoms with E-state index in [0.29, 0.717) is 17.1 Å². The summed E-state index contributed by atoms with van der Waals surface area (Å²) in [7, 11) is 2.01. The normalized spacial score (nSPS) is 16.8. The third-order valence-corrected chi connectivity index (χ3v) is 7.47. The van der Waals surface area contributed by atoms with Gasteiger partial charge in [0.2, 0.25) is 0 Å². The van der Waals surface area contributed by atoms with Crippen LogP contribution >= 0.6 is 33.9 Å². The predicted molar refractivity (Wildman–Crippen MR) is 136 cm³/mol. The van der Waals surface area contributed by atoms with Gasteiger partial charge in [0.25, 0.3) is 5.19 Å². The van der Waals surface area contributed by atoms with Gasteiger partial charge in [-0.2, -0.15) is 4.98 Å². The molecule has 1 fully saturated rings. The molecule has 172 valence electrons. The lowest BCUT2D eigenvalue weighted by atomic mass is 9.92. The Balaban J connectivity index is 1.22. The third kappa shape index (κ3) is 4.96. The van der Waals surface area contributed by atoms with E-state index in [-0.39, 0.29) is 10.0 Å². The van der Waals surface area contributed by atoms with E-state index in [0.717, 1.165) is 53.4 Å². The molecule has 2 atom stereocenters. The number of aromatic nitrogens is 5. The molecule has 0 aromatic carbocycles. The average Bonchev–Trinajstić information content (AvgIpc) is 3.46. The first kappa shape index (κ1) is 22.5. The Hall–Kier alpha value is -2.34. The number of ether oxygens (including phenoxy) is 1. The molecule has 5 rings (SSSR count). The van der Waals surface area contributed by atoms with Crippen LogP contribution in [-0.4, -0.2) is 39.3 Å². The molecule has 0 spiro atoms. The van der Waals surface area contributed by atoms with Crippen molar-refractivity contribution >= 4 is 50.3 Å². The fourth-order valence-corrected chi connectivity index (χ4v) is 5.14. The van der Waals surface area contributed by atoms with Crippen molar-refractivity contribution in [2.24, 2.45) is 13.0 Å². The van der Waals surface area contributed by atoms with Gasteiger partial charge in [-0.3, -0.25) is 0 Å². The smallest absolute Gasteiger partial charge is 0.324 e. The first-order chi connectivity index (χ1) is 16.0. The van der Waals surface area contributed by atoms with Gasteiger partial charge in [0.15, 0.2) is 18.2 Å². The molecule has 10 heteroatoms. The largest absolute Gasteiger partial charge is 0.467 e. The number of hydrogen-bond donors (Lipinski definition) is 0. The Bertz CT molecular complexity index is 1230. The minimum absolute atomic E-state index is 0.0777. The van der Waals surface area contributed by atoms with Gasteiger partial charge in [0, 0.05) is 30.8 Å². The van der Waals surface area contributed by atoms with Crippen molar-refractivity contribution in [2.75, 3.05) is 18.0 Å². The molecule has 8 nitrogen and oxygen atoms in total. The summed E-state index contributed by atoms with van der Waals surface area (Å²) < 4.78 is 14.0. The monoisotopic (exact) mass is 577 g/mol. The first-order valence-corrected chi connectivity index (χ1v) is 13.1. The molecule has 1 saturated heterocycles. The zero-order valence-corrected chi connectivity index (χ0v) is 21.8. The molecule has 33 heavy (non-hydrogen) atoms. The zero-order chi connectivity index (χ0) is 22.9. The molecule has 0 radical (unpaired) electrons. The Morgan fingerprint density at radius 2 is 1.88 bits per heavy atom. The third-order valence-electron chi connectivity index (χ3n) is 6.06. The van der Waals surface area contributed by atoms with Crippen LogP contribution in [0.1, 0.15) is 36.4 Å². The predicted octanol–water partition coefficient (Wildman–Crippen LogP) is 4.75. The number of thiazole rings is 1. The highest BCUT2D eigenvalue weighted by Gasteiger charge is 2.28. The number of rotatable bonds is 6. The maximum Gasteiger partial charge on any atom is 0.324 e. The summed E-state index contributed by atoms with van der Waals surface area (Å²) in [4.78, 5) is 17.1. The molecule has 0 saturated carbocycles. The van der Waals surface area contributed by atoms with Gasteiger partial charge in [-0.1, -0.05) is 39.1 Å². The van der Waals surface area contributed by atoms with Crippen molar-refractivity contribution in [1.29, 1.82) is 0 Å². The Labute approximate surface area is 210 Å². The summed E-state index contributed by atoms with van der Waals surface area (Å²) in [5.74, 6) is 1.20. The first-order valence-electron chi connectivity index (χ1n) is 11.1. The van der Waals surface area contributed by atoms with E-state index in [1.54, 1.807) is 0 Å². The zero-order valence-electron chi connectivity index (χ0n) is 18.8. The van der Waals surface area contributed by atoms with Gasteiger partial charge in [-0.15, -0.1) is 0 Å². The van der Waals surface area contributed by atoms with E-state index in [1.807, 2.05) is 36.1 Å². The van der Waals surface area contributed by atoms with Crippen molar-refractivity contribution in [1.82, 2.24) is 20.1 Å². The van der Waals surface area contributed by atoms with Crippen LogP contribution in [0.25, 0.3) is 21.6 Å². The highest BCUT2D eigenvalue weighted by Crippen LogP contribution is 2.32. The summed E-state index contributed by atoms with van der Waals surface area (Å²) >= 11 is 3.81. The molecule has 0 N–H and O–H groups in total. The number of piperidine rings is 1. The quantitative estimate of drug-likeness (QED) is 0.186. The van der Waals surface area contributed by atoms with Crippen molar-refractivity contribution in [3.63, 3.8) is 0 Å². The Morgan fingerprint density at radius 3 is 2.58 bits per heavy atom. The highest BCUT2D eigenvalue weighted by molar-refractivity contribution is 14.1. The lowest BCUT2D eigenvalue weighted by Crippen LogP contribution is -2.38. The number of pyridine rings is 2. The highest BCUT2D eigenvalue weighted by atomic mass is 127. The Morgan fingerprint density at radius 1 is 1.12 bits per heavy atom. The molecule has 4 aromatic heterocycles. The lowest BCUT2D eigenvalue weighted by Gasteiger charge is -2.33. The van der Waals surface area contributed by atoms with E-state index < -0.39 is 0 Å². The van der Waals surface area contributed by atoms with Crippen LogP contribution in [0.5, 0.6) is 5.19 Å². The average molecular weight is 577 g/mol. The van der Waals surface area contributed by atoms with E-state index in [2.05, 4.69) is 68.6 Å². The van der Waals surface area contributed by atoms with E-state index in [1.165, 1.54) is 11.3 Å². The van der Waals surface area contributed by atoms with Crippen LogP contribution in [0.3, 0.4) is 0 Å². The summed E-state index contributed by atoms with van der Waals surface area (Å²) in [5, 5.41) is 4.76. The van der Waals surface area contributed by atoms with Crippen LogP contribution in [-0.2, 0) is 7.05 Å². The molecule has 1 aliphatic heterocycles. The molecular weight excluding hydrogens is 551 g/mol. The van der Waals surface area contributed by atoms with Crippen LogP contribution in [0.2, 0.25) is 0 Å². The second-order valence-corrected chi connectivity index (χ2v) is 11.3. The number of halogens is 1. The van der Waals surface area contributed by atoms with E-state index in [4.69, 9.17) is 14.2 Å². The van der Waals surface area contributed by atoms with Crippen molar-refractivity contribution in [3.8, 4) is 16.5 Å². The summed E-state index contributed by atoms with van der Waals surface area (Å²) in [6, 6.07) is 8.80. The Kier molecular flexibility index (Phi) is 6.46. The number of aryl methyl sites for hydroxylation is 1. The molecule has 0 bridgehead atoms. The maximum absolute atomic E-state index is 6.27. The molecule has 0 amide bonds. The summed E-state index contributed by atoms with van der Waals surface area (Å²) in [5.41, 5.74) is 2.91. The van der Waals surface area contributed by atoms with E-state index in [9.17, 15) is 0 Å². The van der Waals surface area contributed by atoms with Crippen LogP contribution in [0.15, 0.2) is 41.2 Å². The molecule has 1 unspecified atom stereocenters. The lowest BCUT2D eigenvalue weighted by molar-refractivity contribution is -0.671. The number of hydrogen-bond acceptors (Lipinski definition) is 8. The molecule has 4 aromatic rings. The maximum atomic E-state index is 6.27. The fourth-order valence-electron chi connectivity index (χ4n) is 4.01. The number of anilines is 1. The minimum atomic E-state index is 0.0777.